The molecule has 0 atom stereocenters. The molecule has 0 saturated carbocycles. The SMILES string of the molecule is CCNCc1noc(-c2cccc(Br)c2Cl)n1. The van der Waals surface area contributed by atoms with Gasteiger partial charge in [-0.25, -0.2) is 0 Å². The van der Waals surface area contributed by atoms with Gasteiger partial charge in [0.2, 0.25) is 0 Å². The topological polar surface area (TPSA) is 51.0 Å². The first-order chi connectivity index (χ1) is 8.22. The summed E-state index contributed by atoms with van der Waals surface area (Å²) in [7, 11) is 0. The number of nitrogens with zero attached hydrogens (tertiary/aromatic N) is 2. The van der Waals surface area contributed by atoms with Crippen LogP contribution in [0.4, 0.5) is 0 Å². The van der Waals surface area contributed by atoms with Gasteiger partial charge in [0.25, 0.3) is 5.89 Å². The van der Waals surface area contributed by atoms with Crippen LogP contribution in [0.15, 0.2) is 27.2 Å². The first-order valence-corrected chi connectivity index (χ1v) is 6.37. The molecule has 0 bridgehead atoms. The van der Waals surface area contributed by atoms with Crippen molar-refractivity contribution in [1.82, 2.24) is 15.5 Å². The second kappa shape index (κ2) is 5.62. The standard InChI is InChI=1S/C11H11BrClN3O/c1-2-14-6-9-15-11(17-16-9)7-4-3-5-8(12)10(7)13/h3-5,14H,2,6H2,1H3. The summed E-state index contributed by atoms with van der Waals surface area (Å²) in [6.45, 7) is 3.47. The summed E-state index contributed by atoms with van der Waals surface area (Å²) in [5, 5.41) is 7.58. The second-order valence-electron chi connectivity index (χ2n) is 3.40. The van der Waals surface area contributed by atoms with Gasteiger partial charge in [0.05, 0.1) is 17.1 Å². The number of hydrogen-bond acceptors (Lipinski definition) is 4. The molecule has 0 spiro atoms. The van der Waals surface area contributed by atoms with Crippen molar-refractivity contribution in [2.24, 2.45) is 0 Å². The van der Waals surface area contributed by atoms with E-state index in [1.54, 1.807) is 0 Å². The maximum absolute atomic E-state index is 6.15. The van der Waals surface area contributed by atoms with Gasteiger partial charge in [0, 0.05) is 4.47 Å². The van der Waals surface area contributed by atoms with Gasteiger partial charge in [0.1, 0.15) is 0 Å². The molecule has 4 nitrogen and oxygen atoms in total. The van der Waals surface area contributed by atoms with Crippen molar-refractivity contribution in [2.45, 2.75) is 13.5 Å². The van der Waals surface area contributed by atoms with Crippen LogP contribution >= 0.6 is 27.5 Å². The Morgan fingerprint density at radius 3 is 3.06 bits per heavy atom. The normalized spacial score (nSPS) is 10.8. The Hall–Kier alpha value is -0.910. The number of benzene rings is 1. The Morgan fingerprint density at radius 2 is 2.29 bits per heavy atom. The fourth-order valence-electron chi connectivity index (χ4n) is 1.34. The van der Waals surface area contributed by atoms with Crippen LogP contribution in [-0.4, -0.2) is 16.7 Å². The van der Waals surface area contributed by atoms with E-state index in [1.165, 1.54) is 0 Å². The fraction of sp³-hybridized carbons (Fsp3) is 0.273. The van der Waals surface area contributed by atoms with E-state index in [0.717, 1.165) is 16.6 Å². The van der Waals surface area contributed by atoms with Crippen molar-refractivity contribution >= 4 is 27.5 Å². The highest BCUT2D eigenvalue weighted by atomic mass is 79.9. The molecule has 90 valence electrons. The molecule has 0 amide bonds. The molecule has 0 unspecified atom stereocenters. The lowest BCUT2D eigenvalue weighted by molar-refractivity contribution is 0.420. The highest BCUT2D eigenvalue weighted by molar-refractivity contribution is 9.10. The van der Waals surface area contributed by atoms with Gasteiger partial charge in [-0.1, -0.05) is 29.7 Å². The van der Waals surface area contributed by atoms with Crippen molar-refractivity contribution in [3.05, 3.63) is 33.5 Å². The van der Waals surface area contributed by atoms with Crippen LogP contribution in [0.5, 0.6) is 0 Å². The molecule has 17 heavy (non-hydrogen) atoms. The predicted molar refractivity (Wildman–Crippen MR) is 69.8 cm³/mol. The van der Waals surface area contributed by atoms with Crippen LogP contribution in [0.1, 0.15) is 12.7 Å². The molecule has 1 aromatic heterocycles. The summed E-state index contributed by atoms with van der Waals surface area (Å²) in [5.74, 6) is 1.06. The van der Waals surface area contributed by atoms with E-state index in [2.05, 4.69) is 31.4 Å². The molecule has 0 aliphatic rings. The van der Waals surface area contributed by atoms with Crippen LogP contribution in [0.25, 0.3) is 11.5 Å². The summed E-state index contributed by atoms with van der Waals surface area (Å²) in [4.78, 5) is 4.27. The second-order valence-corrected chi connectivity index (χ2v) is 4.63. The summed E-state index contributed by atoms with van der Waals surface area (Å²) < 4.78 is 5.99. The summed E-state index contributed by atoms with van der Waals surface area (Å²) >= 11 is 9.51. The summed E-state index contributed by atoms with van der Waals surface area (Å²) in [5.41, 5.74) is 0.733. The van der Waals surface area contributed by atoms with Gasteiger partial charge in [0.15, 0.2) is 5.82 Å². The number of nitrogens with one attached hydrogen (secondary N) is 1. The average molecular weight is 317 g/mol. The quantitative estimate of drug-likeness (QED) is 0.940. The van der Waals surface area contributed by atoms with E-state index in [1.807, 2.05) is 25.1 Å². The van der Waals surface area contributed by atoms with Gasteiger partial charge in [-0.15, -0.1) is 0 Å². The number of aromatic nitrogens is 2. The highest BCUT2D eigenvalue weighted by Crippen LogP contribution is 2.32. The monoisotopic (exact) mass is 315 g/mol. The lowest BCUT2D eigenvalue weighted by atomic mass is 10.2. The number of halogens is 2. The third-order valence-corrected chi connectivity index (χ3v) is 3.48. The first kappa shape index (κ1) is 12.5. The minimum Gasteiger partial charge on any atom is -0.334 e. The third kappa shape index (κ3) is 2.86. The summed E-state index contributed by atoms with van der Waals surface area (Å²) in [6.07, 6.45) is 0. The molecule has 1 heterocycles. The van der Waals surface area contributed by atoms with Crippen LogP contribution in [0.3, 0.4) is 0 Å². The molecule has 0 aliphatic carbocycles. The summed E-state index contributed by atoms with van der Waals surface area (Å²) in [6, 6.07) is 5.58. The van der Waals surface area contributed by atoms with Gasteiger partial charge >= 0.3 is 0 Å². The Kier molecular flexibility index (Phi) is 4.15. The Balaban J connectivity index is 2.27. The van der Waals surface area contributed by atoms with E-state index in [9.17, 15) is 0 Å². The van der Waals surface area contributed by atoms with Crippen LogP contribution in [0, 0.1) is 0 Å². The van der Waals surface area contributed by atoms with Crippen molar-refractivity contribution in [3.63, 3.8) is 0 Å². The van der Waals surface area contributed by atoms with Crippen molar-refractivity contribution < 1.29 is 4.52 Å². The van der Waals surface area contributed by atoms with E-state index >= 15 is 0 Å². The molecule has 1 aromatic carbocycles. The van der Waals surface area contributed by atoms with Crippen LogP contribution < -0.4 is 5.32 Å². The lowest BCUT2D eigenvalue weighted by Gasteiger charge is -1.99. The van der Waals surface area contributed by atoms with Crippen LogP contribution in [0.2, 0.25) is 5.02 Å². The zero-order valence-electron chi connectivity index (χ0n) is 9.20. The molecular formula is C11H11BrClN3O. The highest BCUT2D eigenvalue weighted by Gasteiger charge is 2.13. The molecule has 1 N–H and O–H groups in total. The van der Waals surface area contributed by atoms with E-state index in [0.29, 0.717) is 23.3 Å². The average Bonchev–Trinajstić information content (AvgIpc) is 2.78. The molecule has 2 aromatic rings. The van der Waals surface area contributed by atoms with Crippen molar-refractivity contribution in [2.75, 3.05) is 6.54 Å². The zero-order valence-corrected chi connectivity index (χ0v) is 11.5. The van der Waals surface area contributed by atoms with E-state index < -0.39 is 0 Å². The minimum atomic E-state index is 0.434. The third-order valence-electron chi connectivity index (χ3n) is 2.18. The molecule has 0 aliphatic heterocycles. The smallest absolute Gasteiger partial charge is 0.259 e. The Morgan fingerprint density at radius 1 is 1.47 bits per heavy atom. The molecule has 0 fully saturated rings. The lowest BCUT2D eigenvalue weighted by Crippen LogP contribution is -2.12. The van der Waals surface area contributed by atoms with Gasteiger partial charge in [-0.05, 0) is 34.6 Å². The van der Waals surface area contributed by atoms with Gasteiger partial charge in [-0.3, -0.25) is 0 Å². The number of hydrogen-bond donors (Lipinski definition) is 1. The fourth-order valence-corrected chi connectivity index (χ4v) is 1.91. The van der Waals surface area contributed by atoms with Crippen molar-refractivity contribution in [1.29, 1.82) is 0 Å². The van der Waals surface area contributed by atoms with Gasteiger partial charge < -0.3 is 9.84 Å². The largest absolute Gasteiger partial charge is 0.334 e. The first-order valence-electron chi connectivity index (χ1n) is 5.20. The zero-order chi connectivity index (χ0) is 12.3. The van der Waals surface area contributed by atoms with E-state index in [4.69, 9.17) is 16.1 Å². The molecule has 6 heteroatoms. The maximum atomic E-state index is 6.15. The Bertz CT molecular complexity index is 515. The maximum Gasteiger partial charge on any atom is 0.259 e. The molecule has 0 saturated heterocycles. The van der Waals surface area contributed by atoms with E-state index in [-0.39, 0.29) is 0 Å². The number of rotatable bonds is 4. The molecular weight excluding hydrogens is 305 g/mol. The predicted octanol–water partition coefficient (Wildman–Crippen LogP) is 3.26. The minimum absolute atomic E-state index is 0.434. The molecule has 2 rings (SSSR count). The molecule has 0 radical (unpaired) electrons. The Labute approximate surface area is 112 Å². The van der Waals surface area contributed by atoms with Crippen molar-refractivity contribution in [3.8, 4) is 11.5 Å². The van der Waals surface area contributed by atoms with Crippen LogP contribution in [-0.2, 0) is 6.54 Å². The van der Waals surface area contributed by atoms with Gasteiger partial charge in [-0.2, -0.15) is 4.98 Å².